The first-order valence-corrected chi connectivity index (χ1v) is 8.09. The first kappa shape index (κ1) is 16.5. The van der Waals surface area contributed by atoms with Gasteiger partial charge < -0.3 is 10.1 Å². The smallest absolute Gasteiger partial charge is 0.220 e. The van der Waals surface area contributed by atoms with Gasteiger partial charge in [-0.05, 0) is 42.3 Å². The maximum Gasteiger partial charge on any atom is 0.220 e. The maximum absolute atomic E-state index is 12.9. The molecule has 0 bridgehead atoms. The SMILES string of the molecule is O=C(CCCn1nnc(-c2ccc(F)cc2)n1)NCC1CCOC1. The molecular weight excluding hydrogens is 313 g/mol. The van der Waals surface area contributed by atoms with Gasteiger partial charge in [0.05, 0.1) is 13.2 Å². The summed E-state index contributed by atoms with van der Waals surface area (Å²) >= 11 is 0. The third-order valence-electron chi connectivity index (χ3n) is 3.93. The monoisotopic (exact) mass is 333 g/mol. The predicted octanol–water partition coefficient (Wildman–Crippen LogP) is 1.41. The van der Waals surface area contributed by atoms with E-state index in [1.54, 1.807) is 12.1 Å². The predicted molar refractivity (Wildman–Crippen MR) is 84.4 cm³/mol. The minimum Gasteiger partial charge on any atom is -0.381 e. The Morgan fingerprint density at radius 3 is 2.96 bits per heavy atom. The number of hydrogen-bond acceptors (Lipinski definition) is 5. The Labute approximate surface area is 139 Å². The summed E-state index contributed by atoms with van der Waals surface area (Å²) in [7, 11) is 0. The van der Waals surface area contributed by atoms with E-state index in [1.165, 1.54) is 16.9 Å². The topological polar surface area (TPSA) is 81.9 Å². The third kappa shape index (κ3) is 4.58. The van der Waals surface area contributed by atoms with Gasteiger partial charge >= 0.3 is 0 Å². The van der Waals surface area contributed by atoms with Crippen molar-refractivity contribution in [2.45, 2.75) is 25.8 Å². The molecule has 1 aliphatic heterocycles. The van der Waals surface area contributed by atoms with Crippen molar-refractivity contribution >= 4 is 5.91 Å². The van der Waals surface area contributed by atoms with Crippen LogP contribution in [0.1, 0.15) is 19.3 Å². The zero-order valence-corrected chi connectivity index (χ0v) is 13.3. The average molecular weight is 333 g/mol. The van der Waals surface area contributed by atoms with E-state index in [4.69, 9.17) is 4.74 Å². The molecule has 0 aliphatic carbocycles. The van der Waals surface area contributed by atoms with Crippen LogP contribution in [0.15, 0.2) is 24.3 Å². The van der Waals surface area contributed by atoms with Gasteiger partial charge in [0.2, 0.25) is 11.7 Å². The Balaban J connectivity index is 1.40. The quantitative estimate of drug-likeness (QED) is 0.828. The molecule has 1 N–H and O–H groups in total. The summed E-state index contributed by atoms with van der Waals surface area (Å²) in [6, 6.07) is 5.93. The second-order valence-corrected chi connectivity index (χ2v) is 5.85. The van der Waals surface area contributed by atoms with Crippen LogP contribution in [-0.4, -0.2) is 45.9 Å². The fraction of sp³-hybridized carbons (Fsp3) is 0.500. The lowest BCUT2D eigenvalue weighted by Crippen LogP contribution is -2.29. The van der Waals surface area contributed by atoms with Crippen molar-refractivity contribution in [3.05, 3.63) is 30.1 Å². The summed E-state index contributed by atoms with van der Waals surface area (Å²) in [5.41, 5.74) is 0.708. The molecule has 7 nitrogen and oxygen atoms in total. The molecule has 3 rings (SSSR count). The average Bonchev–Trinajstić information content (AvgIpc) is 3.25. The van der Waals surface area contributed by atoms with E-state index in [0.29, 0.717) is 43.2 Å². The Bertz CT molecular complexity index is 667. The van der Waals surface area contributed by atoms with Crippen LogP contribution in [0.3, 0.4) is 0 Å². The fourth-order valence-corrected chi connectivity index (χ4v) is 2.52. The Hall–Kier alpha value is -2.35. The van der Waals surface area contributed by atoms with Gasteiger partial charge in [0, 0.05) is 31.1 Å². The van der Waals surface area contributed by atoms with Gasteiger partial charge in [0.1, 0.15) is 5.82 Å². The molecule has 1 aromatic carbocycles. The van der Waals surface area contributed by atoms with Gasteiger partial charge in [-0.1, -0.05) is 0 Å². The Kier molecular flexibility index (Phi) is 5.47. The number of halogens is 1. The second kappa shape index (κ2) is 7.96. The van der Waals surface area contributed by atoms with E-state index in [2.05, 4.69) is 20.7 Å². The van der Waals surface area contributed by atoms with Crippen LogP contribution in [0.2, 0.25) is 0 Å². The number of rotatable bonds is 7. The van der Waals surface area contributed by atoms with Crippen molar-refractivity contribution < 1.29 is 13.9 Å². The van der Waals surface area contributed by atoms with Gasteiger partial charge in [0.25, 0.3) is 0 Å². The van der Waals surface area contributed by atoms with Gasteiger partial charge in [0.15, 0.2) is 0 Å². The number of carbonyl (C=O) groups excluding carboxylic acids is 1. The Morgan fingerprint density at radius 1 is 1.38 bits per heavy atom. The number of amides is 1. The van der Waals surface area contributed by atoms with Crippen LogP contribution in [0.25, 0.3) is 11.4 Å². The molecule has 0 spiro atoms. The van der Waals surface area contributed by atoms with Gasteiger partial charge in [-0.3, -0.25) is 4.79 Å². The Morgan fingerprint density at radius 2 is 2.21 bits per heavy atom. The van der Waals surface area contributed by atoms with Crippen molar-refractivity contribution in [3.8, 4) is 11.4 Å². The minimum absolute atomic E-state index is 0.0285. The fourth-order valence-electron chi connectivity index (χ4n) is 2.52. The molecule has 2 aromatic rings. The summed E-state index contributed by atoms with van der Waals surface area (Å²) in [4.78, 5) is 13.3. The normalized spacial score (nSPS) is 17.1. The summed E-state index contributed by atoms with van der Waals surface area (Å²) in [6.07, 6.45) is 2.06. The van der Waals surface area contributed by atoms with Crippen LogP contribution in [0.5, 0.6) is 0 Å². The summed E-state index contributed by atoms with van der Waals surface area (Å²) in [6.45, 7) is 2.70. The highest BCUT2D eigenvalue weighted by Gasteiger charge is 2.16. The standard InChI is InChI=1S/C16H20FN5O2/c17-14-5-3-13(4-6-14)16-19-21-22(20-16)8-1-2-15(23)18-10-12-7-9-24-11-12/h3-6,12H,1-2,7-11H2,(H,18,23). The lowest BCUT2D eigenvalue weighted by atomic mass is 10.1. The zero-order valence-electron chi connectivity index (χ0n) is 13.3. The van der Waals surface area contributed by atoms with Gasteiger partial charge in [-0.25, -0.2) is 4.39 Å². The zero-order chi connectivity index (χ0) is 16.8. The highest BCUT2D eigenvalue weighted by atomic mass is 19.1. The first-order chi connectivity index (χ1) is 11.7. The number of nitrogens with zero attached hydrogens (tertiary/aromatic N) is 4. The number of benzene rings is 1. The number of nitrogens with one attached hydrogen (secondary N) is 1. The molecule has 128 valence electrons. The van der Waals surface area contributed by atoms with Crippen molar-refractivity contribution in [2.24, 2.45) is 5.92 Å². The van der Waals surface area contributed by atoms with E-state index < -0.39 is 0 Å². The number of aryl methyl sites for hydroxylation is 1. The molecule has 1 fully saturated rings. The number of tetrazole rings is 1. The number of carbonyl (C=O) groups is 1. The molecule has 1 saturated heterocycles. The van der Waals surface area contributed by atoms with Crippen molar-refractivity contribution in [1.82, 2.24) is 25.5 Å². The number of hydrogen-bond donors (Lipinski definition) is 1. The van der Waals surface area contributed by atoms with E-state index in [9.17, 15) is 9.18 Å². The molecular formula is C16H20FN5O2. The number of aromatic nitrogens is 4. The number of ether oxygens (including phenoxy) is 1. The molecule has 8 heteroatoms. The minimum atomic E-state index is -0.304. The molecule has 0 saturated carbocycles. The van der Waals surface area contributed by atoms with E-state index in [-0.39, 0.29) is 11.7 Å². The van der Waals surface area contributed by atoms with Crippen LogP contribution >= 0.6 is 0 Å². The molecule has 1 aliphatic rings. The van der Waals surface area contributed by atoms with Crippen LogP contribution < -0.4 is 5.32 Å². The molecule has 1 unspecified atom stereocenters. The molecule has 1 atom stereocenters. The van der Waals surface area contributed by atoms with E-state index in [0.717, 1.165) is 19.6 Å². The lowest BCUT2D eigenvalue weighted by Gasteiger charge is -2.09. The summed E-state index contributed by atoms with van der Waals surface area (Å²) in [5, 5.41) is 15.1. The molecule has 24 heavy (non-hydrogen) atoms. The molecule has 1 aromatic heterocycles. The maximum atomic E-state index is 12.9. The van der Waals surface area contributed by atoms with Crippen molar-refractivity contribution in [3.63, 3.8) is 0 Å². The van der Waals surface area contributed by atoms with Gasteiger partial charge in [-0.2, -0.15) is 4.80 Å². The van der Waals surface area contributed by atoms with Crippen LogP contribution in [0.4, 0.5) is 4.39 Å². The van der Waals surface area contributed by atoms with Crippen LogP contribution in [0, 0.1) is 11.7 Å². The largest absolute Gasteiger partial charge is 0.381 e. The summed E-state index contributed by atoms with van der Waals surface area (Å²) < 4.78 is 18.2. The highest BCUT2D eigenvalue weighted by Crippen LogP contribution is 2.14. The highest BCUT2D eigenvalue weighted by molar-refractivity contribution is 5.75. The van der Waals surface area contributed by atoms with Crippen molar-refractivity contribution in [1.29, 1.82) is 0 Å². The molecule has 1 amide bonds. The van der Waals surface area contributed by atoms with Crippen molar-refractivity contribution in [2.75, 3.05) is 19.8 Å². The van der Waals surface area contributed by atoms with Crippen LogP contribution in [-0.2, 0) is 16.1 Å². The van der Waals surface area contributed by atoms with E-state index in [1.807, 2.05) is 0 Å². The second-order valence-electron chi connectivity index (χ2n) is 5.85. The molecule has 2 heterocycles. The molecule has 0 radical (unpaired) electrons. The first-order valence-electron chi connectivity index (χ1n) is 8.09. The summed E-state index contributed by atoms with van der Waals surface area (Å²) in [5.74, 6) is 0.604. The third-order valence-corrected chi connectivity index (χ3v) is 3.93. The van der Waals surface area contributed by atoms with Gasteiger partial charge in [-0.15, -0.1) is 10.2 Å². The van der Waals surface area contributed by atoms with E-state index >= 15 is 0 Å². The lowest BCUT2D eigenvalue weighted by molar-refractivity contribution is -0.121.